The van der Waals surface area contributed by atoms with Crippen molar-refractivity contribution in [2.75, 3.05) is 38.6 Å². The molecule has 1 aliphatic rings. The number of hydrogen-bond donors (Lipinski definition) is 1. The number of rotatable bonds is 2. The molecule has 1 amide bonds. The highest BCUT2D eigenvalue weighted by molar-refractivity contribution is 5.84. The highest BCUT2D eigenvalue weighted by atomic mass is 16.2. The Morgan fingerprint density at radius 3 is 2.82 bits per heavy atom. The van der Waals surface area contributed by atoms with E-state index in [-0.39, 0.29) is 11.9 Å². The van der Waals surface area contributed by atoms with Gasteiger partial charge in [-0.15, -0.1) is 0 Å². The second kappa shape index (κ2) is 5.09. The van der Waals surface area contributed by atoms with E-state index in [4.69, 9.17) is 0 Å². The predicted octanol–water partition coefficient (Wildman–Crippen LogP) is -0.657. The average molecular weight is 235 g/mol. The summed E-state index contributed by atoms with van der Waals surface area (Å²) in [5.41, 5.74) is 0. The fourth-order valence-electron chi connectivity index (χ4n) is 1.90. The van der Waals surface area contributed by atoms with Crippen LogP contribution in [0.1, 0.15) is 0 Å². The number of piperazine rings is 1. The number of carbonyl (C=O) groups is 1. The maximum Gasteiger partial charge on any atom is 0.246 e. The highest BCUT2D eigenvalue weighted by Gasteiger charge is 2.31. The Kier molecular flexibility index (Phi) is 3.53. The van der Waals surface area contributed by atoms with Gasteiger partial charge in [-0.3, -0.25) is 4.79 Å². The standard InChI is InChI=1S/C11H17N5O/c1-15(2)10(17)9-8-12-6-7-16(9)11-13-4-3-5-14-11/h3-5,9,12H,6-8H2,1-2H3. The van der Waals surface area contributed by atoms with Crippen molar-refractivity contribution in [1.29, 1.82) is 0 Å². The molecule has 0 spiro atoms. The van der Waals surface area contributed by atoms with Crippen molar-refractivity contribution in [2.24, 2.45) is 0 Å². The fourth-order valence-corrected chi connectivity index (χ4v) is 1.90. The van der Waals surface area contributed by atoms with Gasteiger partial charge in [-0.2, -0.15) is 0 Å². The Labute approximate surface area is 101 Å². The number of likely N-dealkylation sites (N-methyl/N-ethyl adjacent to an activating group) is 1. The van der Waals surface area contributed by atoms with Crippen LogP contribution in [0.25, 0.3) is 0 Å². The van der Waals surface area contributed by atoms with Gasteiger partial charge in [0.25, 0.3) is 0 Å². The third-order valence-electron chi connectivity index (χ3n) is 2.78. The van der Waals surface area contributed by atoms with Crippen LogP contribution in [0, 0.1) is 0 Å². The van der Waals surface area contributed by atoms with Gasteiger partial charge in [-0.05, 0) is 6.07 Å². The number of nitrogens with zero attached hydrogens (tertiary/aromatic N) is 4. The van der Waals surface area contributed by atoms with Gasteiger partial charge >= 0.3 is 0 Å². The minimum atomic E-state index is -0.221. The van der Waals surface area contributed by atoms with Gasteiger partial charge in [0, 0.05) is 46.1 Å². The molecule has 1 unspecified atom stereocenters. The Morgan fingerprint density at radius 1 is 1.47 bits per heavy atom. The summed E-state index contributed by atoms with van der Waals surface area (Å²) in [6.07, 6.45) is 3.39. The molecule has 6 nitrogen and oxygen atoms in total. The zero-order valence-electron chi connectivity index (χ0n) is 10.1. The van der Waals surface area contributed by atoms with Gasteiger partial charge in [0.2, 0.25) is 11.9 Å². The first-order valence-corrected chi connectivity index (χ1v) is 5.65. The topological polar surface area (TPSA) is 61.4 Å². The van der Waals surface area contributed by atoms with E-state index in [1.807, 2.05) is 4.90 Å². The highest BCUT2D eigenvalue weighted by Crippen LogP contribution is 2.13. The lowest BCUT2D eigenvalue weighted by molar-refractivity contribution is -0.130. The third kappa shape index (κ3) is 2.52. The lowest BCUT2D eigenvalue weighted by atomic mass is 10.2. The van der Waals surface area contributed by atoms with Crippen molar-refractivity contribution in [3.63, 3.8) is 0 Å². The molecule has 0 bridgehead atoms. The maximum atomic E-state index is 12.1. The molecule has 0 radical (unpaired) electrons. The van der Waals surface area contributed by atoms with Gasteiger partial charge in [0.15, 0.2) is 0 Å². The predicted molar refractivity (Wildman–Crippen MR) is 64.7 cm³/mol. The molecule has 6 heteroatoms. The lowest BCUT2D eigenvalue weighted by Gasteiger charge is -2.36. The summed E-state index contributed by atoms with van der Waals surface area (Å²) in [5.74, 6) is 0.693. The van der Waals surface area contributed by atoms with Gasteiger partial charge in [0.05, 0.1) is 0 Å². The fraction of sp³-hybridized carbons (Fsp3) is 0.545. The van der Waals surface area contributed by atoms with Crippen LogP contribution < -0.4 is 10.2 Å². The number of nitrogens with one attached hydrogen (secondary N) is 1. The first-order chi connectivity index (χ1) is 8.20. The maximum absolute atomic E-state index is 12.1. The van der Waals surface area contributed by atoms with E-state index >= 15 is 0 Å². The summed E-state index contributed by atoms with van der Waals surface area (Å²) in [6, 6.07) is 1.55. The van der Waals surface area contributed by atoms with E-state index in [0.717, 1.165) is 13.1 Å². The van der Waals surface area contributed by atoms with Crippen LogP contribution in [-0.4, -0.2) is 60.5 Å². The molecular weight excluding hydrogens is 218 g/mol. The zero-order valence-corrected chi connectivity index (χ0v) is 10.1. The van der Waals surface area contributed by atoms with Crippen molar-refractivity contribution in [3.8, 4) is 0 Å². The first kappa shape index (κ1) is 11.8. The number of anilines is 1. The Balaban J connectivity index is 2.21. The normalized spacial score (nSPS) is 20.1. The molecule has 1 saturated heterocycles. The lowest BCUT2D eigenvalue weighted by Crippen LogP contribution is -2.58. The molecule has 1 N–H and O–H groups in total. The second-order valence-electron chi connectivity index (χ2n) is 4.19. The SMILES string of the molecule is CN(C)C(=O)C1CNCCN1c1ncccn1. The van der Waals surface area contributed by atoms with Crippen LogP contribution in [0.2, 0.25) is 0 Å². The Hall–Kier alpha value is -1.69. The van der Waals surface area contributed by atoms with Crippen LogP contribution in [0.3, 0.4) is 0 Å². The number of carbonyl (C=O) groups excluding carboxylic acids is 1. The second-order valence-corrected chi connectivity index (χ2v) is 4.19. The van der Waals surface area contributed by atoms with Crippen LogP contribution in [-0.2, 0) is 4.79 Å². The summed E-state index contributed by atoms with van der Waals surface area (Å²) in [5, 5.41) is 3.23. The summed E-state index contributed by atoms with van der Waals surface area (Å²) in [4.78, 5) is 24.1. The first-order valence-electron chi connectivity index (χ1n) is 5.65. The van der Waals surface area contributed by atoms with E-state index < -0.39 is 0 Å². The van der Waals surface area contributed by atoms with Gasteiger partial charge in [0.1, 0.15) is 6.04 Å². The van der Waals surface area contributed by atoms with E-state index in [9.17, 15) is 4.79 Å². The molecule has 1 aromatic rings. The van der Waals surface area contributed by atoms with Gasteiger partial charge in [-0.25, -0.2) is 9.97 Å². The largest absolute Gasteiger partial charge is 0.347 e. The van der Waals surface area contributed by atoms with E-state index in [2.05, 4.69) is 15.3 Å². The molecule has 0 aromatic carbocycles. The van der Waals surface area contributed by atoms with Crippen LogP contribution in [0.15, 0.2) is 18.5 Å². The zero-order chi connectivity index (χ0) is 12.3. The molecule has 1 fully saturated rings. The molecule has 0 aliphatic carbocycles. The molecular formula is C11H17N5O. The van der Waals surface area contributed by atoms with Crippen LogP contribution in [0.4, 0.5) is 5.95 Å². The number of amides is 1. The smallest absolute Gasteiger partial charge is 0.246 e. The molecule has 2 rings (SSSR count). The monoisotopic (exact) mass is 235 g/mol. The molecule has 0 saturated carbocycles. The molecule has 1 atom stereocenters. The minimum absolute atomic E-state index is 0.0738. The van der Waals surface area contributed by atoms with Crippen molar-refractivity contribution in [2.45, 2.75) is 6.04 Å². The summed E-state index contributed by atoms with van der Waals surface area (Å²) in [6.45, 7) is 2.22. The van der Waals surface area contributed by atoms with Crippen LogP contribution in [0.5, 0.6) is 0 Å². The minimum Gasteiger partial charge on any atom is -0.347 e. The average Bonchev–Trinajstić information content (AvgIpc) is 2.39. The van der Waals surface area contributed by atoms with Crippen molar-refractivity contribution < 1.29 is 4.79 Å². The molecule has 1 aromatic heterocycles. The van der Waals surface area contributed by atoms with Crippen molar-refractivity contribution in [1.82, 2.24) is 20.2 Å². The molecule has 92 valence electrons. The Morgan fingerprint density at radius 2 is 2.18 bits per heavy atom. The van der Waals surface area contributed by atoms with Gasteiger partial charge < -0.3 is 15.1 Å². The third-order valence-corrected chi connectivity index (χ3v) is 2.78. The van der Waals surface area contributed by atoms with Gasteiger partial charge in [-0.1, -0.05) is 0 Å². The number of hydrogen-bond acceptors (Lipinski definition) is 5. The summed E-state index contributed by atoms with van der Waals surface area (Å²) >= 11 is 0. The summed E-state index contributed by atoms with van der Waals surface area (Å²) < 4.78 is 0. The number of aromatic nitrogens is 2. The van der Waals surface area contributed by atoms with Crippen molar-refractivity contribution >= 4 is 11.9 Å². The molecule has 1 aliphatic heterocycles. The summed E-state index contributed by atoms with van der Waals surface area (Å²) in [7, 11) is 3.53. The quantitative estimate of drug-likeness (QED) is 0.737. The Bertz CT molecular complexity index is 381. The van der Waals surface area contributed by atoms with E-state index in [1.165, 1.54) is 0 Å². The molecule has 2 heterocycles. The van der Waals surface area contributed by atoms with E-state index in [1.54, 1.807) is 37.5 Å². The molecule has 17 heavy (non-hydrogen) atoms. The van der Waals surface area contributed by atoms with Crippen molar-refractivity contribution in [3.05, 3.63) is 18.5 Å². The van der Waals surface area contributed by atoms with Crippen LogP contribution >= 0.6 is 0 Å². The van der Waals surface area contributed by atoms with E-state index in [0.29, 0.717) is 12.5 Å².